The fraction of sp³-hybridized carbons (Fsp3) is 0.929. The summed E-state index contributed by atoms with van der Waals surface area (Å²) in [5.74, 6) is 3.00. The third-order valence-corrected chi connectivity index (χ3v) is 4.51. The summed E-state index contributed by atoms with van der Waals surface area (Å²) >= 11 is 0. The molecule has 2 rings (SSSR count). The van der Waals surface area contributed by atoms with Crippen LogP contribution in [0.1, 0.15) is 46.0 Å². The van der Waals surface area contributed by atoms with Gasteiger partial charge in [-0.25, -0.2) is 0 Å². The van der Waals surface area contributed by atoms with Gasteiger partial charge in [-0.1, -0.05) is 13.8 Å². The van der Waals surface area contributed by atoms with Crippen LogP contribution in [0.25, 0.3) is 0 Å². The zero-order chi connectivity index (χ0) is 11.5. The van der Waals surface area contributed by atoms with Crippen LogP contribution in [-0.4, -0.2) is 19.0 Å². The van der Waals surface area contributed by atoms with E-state index in [2.05, 4.69) is 13.8 Å². The van der Waals surface area contributed by atoms with E-state index >= 15 is 0 Å². The van der Waals surface area contributed by atoms with Crippen molar-refractivity contribution in [3.8, 4) is 0 Å². The number of ether oxygens (including phenoxy) is 1. The van der Waals surface area contributed by atoms with Gasteiger partial charge in [0.2, 0.25) is 0 Å². The van der Waals surface area contributed by atoms with E-state index in [4.69, 9.17) is 4.74 Å². The molecule has 0 amide bonds. The molecule has 2 fully saturated rings. The van der Waals surface area contributed by atoms with Crippen molar-refractivity contribution in [2.75, 3.05) is 13.2 Å². The van der Waals surface area contributed by atoms with Gasteiger partial charge in [-0.05, 0) is 43.4 Å². The standard InChI is InChI=1S/C14H24O2/c1-10(2)12-3-4-14(15)13(9-12)11-5-7-16-8-6-11/h10-13H,3-9H2,1-2H3. The molecule has 1 heterocycles. The van der Waals surface area contributed by atoms with E-state index < -0.39 is 0 Å². The van der Waals surface area contributed by atoms with Gasteiger partial charge in [0.25, 0.3) is 0 Å². The highest BCUT2D eigenvalue weighted by molar-refractivity contribution is 5.82. The number of ketones is 1. The predicted octanol–water partition coefficient (Wildman–Crippen LogP) is 3.05. The van der Waals surface area contributed by atoms with Gasteiger partial charge in [-0.15, -0.1) is 0 Å². The van der Waals surface area contributed by atoms with E-state index in [0.29, 0.717) is 17.6 Å². The van der Waals surface area contributed by atoms with Crippen LogP contribution in [0.15, 0.2) is 0 Å². The van der Waals surface area contributed by atoms with Crippen molar-refractivity contribution in [2.24, 2.45) is 23.7 Å². The quantitative estimate of drug-likeness (QED) is 0.720. The summed E-state index contributed by atoms with van der Waals surface area (Å²) in [6.07, 6.45) is 5.28. The summed E-state index contributed by atoms with van der Waals surface area (Å²) in [7, 11) is 0. The molecule has 0 aromatic rings. The lowest BCUT2D eigenvalue weighted by Crippen LogP contribution is -2.35. The molecule has 0 spiro atoms. The van der Waals surface area contributed by atoms with Crippen molar-refractivity contribution in [2.45, 2.75) is 46.0 Å². The molecule has 2 nitrogen and oxygen atoms in total. The third kappa shape index (κ3) is 2.65. The third-order valence-electron chi connectivity index (χ3n) is 4.51. The number of Topliss-reactive ketones (excluding diaryl/α,β-unsaturated/α-hetero) is 1. The molecule has 2 heteroatoms. The first-order valence-electron chi connectivity index (χ1n) is 6.79. The number of hydrogen-bond acceptors (Lipinski definition) is 2. The van der Waals surface area contributed by atoms with Crippen LogP contribution in [0.2, 0.25) is 0 Å². The summed E-state index contributed by atoms with van der Waals surface area (Å²) in [4.78, 5) is 12.0. The van der Waals surface area contributed by atoms with E-state index in [1.54, 1.807) is 0 Å². The Morgan fingerprint density at radius 3 is 2.50 bits per heavy atom. The van der Waals surface area contributed by atoms with Crippen LogP contribution < -0.4 is 0 Å². The molecule has 1 aliphatic heterocycles. The molecule has 0 aromatic carbocycles. The second kappa shape index (κ2) is 5.31. The van der Waals surface area contributed by atoms with Crippen molar-refractivity contribution in [3.63, 3.8) is 0 Å². The number of hydrogen-bond donors (Lipinski definition) is 0. The minimum absolute atomic E-state index is 0.352. The summed E-state index contributed by atoms with van der Waals surface area (Å²) in [5, 5.41) is 0. The number of rotatable bonds is 2. The monoisotopic (exact) mass is 224 g/mol. The maximum absolute atomic E-state index is 12.0. The smallest absolute Gasteiger partial charge is 0.136 e. The Hall–Kier alpha value is -0.370. The molecule has 2 atom stereocenters. The molecule has 0 aromatic heterocycles. The Kier molecular flexibility index (Phi) is 4.01. The van der Waals surface area contributed by atoms with Crippen molar-refractivity contribution in [1.29, 1.82) is 0 Å². The molecular weight excluding hydrogens is 200 g/mol. The molecule has 0 N–H and O–H groups in total. The van der Waals surface area contributed by atoms with Gasteiger partial charge in [0.15, 0.2) is 0 Å². The minimum Gasteiger partial charge on any atom is -0.381 e. The zero-order valence-corrected chi connectivity index (χ0v) is 10.6. The Bertz CT molecular complexity index is 241. The van der Waals surface area contributed by atoms with Crippen LogP contribution in [0.3, 0.4) is 0 Å². The number of carbonyl (C=O) groups is 1. The largest absolute Gasteiger partial charge is 0.381 e. The van der Waals surface area contributed by atoms with Crippen LogP contribution in [-0.2, 0) is 9.53 Å². The molecule has 2 aliphatic rings. The van der Waals surface area contributed by atoms with Gasteiger partial charge in [0, 0.05) is 25.6 Å². The summed E-state index contributed by atoms with van der Waals surface area (Å²) in [6, 6.07) is 0. The SMILES string of the molecule is CC(C)C1CCC(=O)C(C2CCOCC2)C1. The van der Waals surface area contributed by atoms with Crippen molar-refractivity contribution in [1.82, 2.24) is 0 Å². The Balaban J connectivity index is 1.97. The van der Waals surface area contributed by atoms with Crippen molar-refractivity contribution >= 4 is 5.78 Å². The minimum atomic E-state index is 0.352. The first kappa shape index (κ1) is 12.1. The predicted molar refractivity (Wildman–Crippen MR) is 64.2 cm³/mol. The molecule has 0 bridgehead atoms. The van der Waals surface area contributed by atoms with E-state index in [1.807, 2.05) is 0 Å². The first-order chi connectivity index (χ1) is 7.68. The molecule has 92 valence electrons. The average molecular weight is 224 g/mol. The molecule has 16 heavy (non-hydrogen) atoms. The second-order valence-electron chi connectivity index (χ2n) is 5.80. The van der Waals surface area contributed by atoms with E-state index in [0.717, 1.165) is 57.2 Å². The maximum Gasteiger partial charge on any atom is 0.136 e. The normalized spacial score (nSPS) is 33.3. The van der Waals surface area contributed by atoms with Crippen molar-refractivity contribution < 1.29 is 9.53 Å². The lowest BCUT2D eigenvalue weighted by atomic mass is 9.69. The van der Waals surface area contributed by atoms with Crippen molar-refractivity contribution in [3.05, 3.63) is 0 Å². The van der Waals surface area contributed by atoms with E-state index in [9.17, 15) is 4.79 Å². The lowest BCUT2D eigenvalue weighted by Gasteiger charge is -2.36. The molecule has 1 saturated carbocycles. The summed E-state index contributed by atoms with van der Waals surface area (Å²) < 4.78 is 5.39. The second-order valence-corrected chi connectivity index (χ2v) is 5.80. The maximum atomic E-state index is 12.0. The fourth-order valence-electron chi connectivity index (χ4n) is 3.27. The number of carbonyl (C=O) groups excluding carboxylic acids is 1. The lowest BCUT2D eigenvalue weighted by molar-refractivity contribution is -0.129. The molecule has 0 radical (unpaired) electrons. The van der Waals surface area contributed by atoms with E-state index in [-0.39, 0.29) is 0 Å². The van der Waals surface area contributed by atoms with Crippen LogP contribution in [0, 0.1) is 23.7 Å². The average Bonchev–Trinajstić information content (AvgIpc) is 2.30. The fourth-order valence-corrected chi connectivity index (χ4v) is 3.27. The Labute approximate surface area is 98.7 Å². The van der Waals surface area contributed by atoms with Gasteiger partial charge >= 0.3 is 0 Å². The highest BCUT2D eigenvalue weighted by Gasteiger charge is 2.35. The Morgan fingerprint density at radius 1 is 1.19 bits per heavy atom. The van der Waals surface area contributed by atoms with Gasteiger partial charge in [0.1, 0.15) is 5.78 Å². The van der Waals surface area contributed by atoms with Gasteiger partial charge in [-0.3, -0.25) is 4.79 Å². The summed E-state index contributed by atoms with van der Waals surface area (Å²) in [6.45, 7) is 6.31. The zero-order valence-electron chi connectivity index (χ0n) is 10.6. The summed E-state index contributed by atoms with van der Waals surface area (Å²) in [5.41, 5.74) is 0. The molecule has 2 unspecified atom stereocenters. The Morgan fingerprint density at radius 2 is 1.88 bits per heavy atom. The van der Waals surface area contributed by atoms with Crippen LogP contribution >= 0.6 is 0 Å². The molecule has 1 aliphatic carbocycles. The van der Waals surface area contributed by atoms with Gasteiger partial charge in [0.05, 0.1) is 0 Å². The topological polar surface area (TPSA) is 26.3 Å². The molecular formula is C14H24O2. The van der Waals surface area contributed by atoms with E-state index in [1.165, 1.54) is 0 Å². The molecule has 1 saturated heterocycles. The van der Waals surface area contributed by atoms with Crippen LogP contribution in [0.4, 0.5) is 0 Å². The van der Waals surface area contributed by atoms with Crippen LogP contribution in [0.5, 0.6) is 0 Å². The highest BCUT2D eigenvalue weighted by atomic mass is 16.5. The van der Waals surface area contributed by atoms with Gasteiger partial charge in [-0.2, -0.15) is 0 Å². The van der Waals surface area contributed by atoms with Gasteiger partial charge < -0.3 is 4.74 Å². The highest BCUT2D eigenvalue weighted by Crippen LogP contribution is 2.38. The first-order valence-corrected chi connectivity index (χ1v) is 6.79.